The van der Waals surface area contributed by atoms with Gasteiger partial charge in [0.2, 0.25) is 5.91 Å². The summed E-state index contributed by atoms with van der Waals surface area (Å²) in [5.41, 5.74) is 1.74. The fraction of sp³-hybridized carbons (Fsp3) is 0.458. The van der Waals surface area contributed by atoms with Crippen molar-refractivity contribution in [3.05, 3.63) is 65.2 Å². The fourth-order valence-electron chi connectivity index (χ4n) is 4.18. The Balaban J connectivity index is 1.45. The minimum atomic E-state index is -4.36. The lowest BCUT2D eigenvalue weighted by atomic mass is 10.1. The van der Waals surface area contributed by atoms with Gasteiger partial charge in [0.05, 0.1) is 11.5 Å². The molecule has 1 aliphatic heterocycles. The molecular formula is C24H27F3N2O. The lowest BCUT2D eigenvalue weighted by Gasteiger charge is -2.26. The molecule has 30 heavy (non-hydrogen) atoms. The maximum atomic E-state index is 13.3. The summed E-state index contributed by atoms with van der Waals surface area (Å²) < 4.78 is 39.9. The summed E-state index contributed by atoms with van der Waals surface area (Å²) in [4.78, 5) is 17.2. The third-order valence-corrected chi connectivity index (χ3v) is 6.09. The van der Waals surface area contributed by atoms with Crippen molar-refractivity contribution in [1.82, 2.24) is 4.90 Å². The number of halogens is 3. The van der Waals surface area contributed by atoms with Crippen molar-refractivity contribution in [2.75, 3.05) is 24.5 Å². The number of amides is 1. The number of carbonyl (C=O) groups excluding carboxylic acids is 1. The van der Waals surface area contributed by atoms with E-state index < -0.39 is 11.7 Å². The highest BCUT2D eigenvalue weighted by Crippen LogP contribution is 2.35. The van der Waals surface area contributed by atoms with E-state index in [-0.39, 0.29) is 23.9 Å². The van der Waals surface area contributed by atoms with Gasteiger partial charge in [0.25, 0.3) is 0 Å². The number of hydrogen-bond acceptors (Lipinski definition) is 2. The van der Waals surface area contributed by atoms with Crippen LogP contribution in [0.15, 0.2) is 48.5 Å². The monoisotopic (exact) mass is 416 g/mol. The SMILES string of the molecule is Cc1ccc(N(CC2CC2)C(=O)C2CCN(Cc3ccccc3C(F)(F)F)C2)cc1. The quantitative estimate of drug-likeness (QED) is 0.640. The van der Waals surface area contributed by atoms with E-state index in [0.717, 1.165) is 36.7 Å². The van der Waals surface area contributed by atoms with Crippen LogP contribution in [0.3, 0.4) is 0 Å². The molecule has 1 heterocycles. The molecule has 0 bridgehead atoms. The predicted octanol–water partition coefficient (Wildman–Crippen LogP) is 5.28. The molecule has 1 amide bonds. The number of aryl methyl sites for hydroxylation is 1. The molecule has 2 fully saturated rings. The Labute approximate surface area is 175 Å². The van der Waals surface area contributed by atoms with Crippen LogP contribution in [0.25, 0.3) is 0 Å². The number of carbonyl (C=O) groups is 1. The second-order valence-electron chi connectivity index (χ2n) is 8.60. The van der Waals surface area contributed by atoms with Crippen LogP contribution >= 0.6 is 0 Å². The zero-order chi connectivity index (χ0) is 21.3. The van der Waals surface area contributed by atoms with Crippen LogP contribution in [0.1, 0.15) is 36.0 Å². The van der Waals surface area contributed by atoms with Crippen LogP contribution in [0, 0.1) is 18.8 Å². The zero-order valence-electron chi connectivity index (χ0n) is 17.2. The van der Waals surface area contributed by atoms with Gasteiger partial charge in [-0.25, -0.2) is 0 Å². The van der Waals surface area contributed by atoms with Crippen molar-refractivity contribution in [1.29, 1.82) is 0 Å². The van der Waals surface area contributed by atoms with Crippen LogP contribution in [-0.4, -0.2) is 30.4 Å². The number of anilines is 1. The standard InChI is InChI=1S/C24H27F3N2O/c1-17-6-10-21(11-7-17)29(14-18-8-9-18)23(30)20-12-13-28(16-20)15-19-4-2-3-5-22(19)24(25,26)27/h2-7,10-11,18,20H,8-9,12-16H2,1H3. The second kappa shape index (κ2) is 8.42. The second-order valence-corrected chi connectivity index (χ2v) is 8.60. The summed E-state index contributed by atoms with van der Waals surface area (Å²) in [6, 6.07) is 13.7. The fourth-order valence-corrected chi connectivity index (χ4v) is 4.18. The highest BCUT2D eigenvalue weighted by atomic mass is 19.4. The van der Waals surface area contributed by atoms with Gasteiger partial charge in [-0.05, 0) is 62.4 Å². The molecule has 1 aliphatic carbocycles. The molecule has 2 aliphatic rings. The summed E-state index contributed by atoms with van der Waals surface area (Å²) >= 11 is 0. The van der Waals surface area contributed by atoms with Crippen molar-refractivity contribution in [3.8, 4) is 0 Å². The van der Waals surface area contributed by atoms with Crippen LogP contribution in [-0.2, 0) is 17.5 Å². The largest absolute Gasteiger partial charge is 0.416 e. The summed E-state index contributed by atoms with van der Waals surface area (Å²) in [5, 5.41) is 0. The molecule has 1 saturated carbocycles. The van der Waals surface area contributed by atoms with Gasteiger partial charge in [-0.2, -0.15) is 13.2 Å². The van der Waals surface area contributed by atoms with E-state index in [1.54, 1.807) is 6.07 Å². The van der Waals surface area contributed by atoms with E-state index in [4.69, 9.17) is 0 Å². The molecule has 6 heteroatoms. The van der Waals surface area contributed by atoms with Crippen LogP contribution in [0.5, 0.6) is 0 Å². The lowest BCUT2D eigenvalue weighted by Crippen LogP contribution is -2.39. The zero-order valence-corrected chi connectivity index (χ0v) is 17.2. The first-order chi connectivity index (χ1) is 14.3. The average Bonchev–Trinajstić information content (AvgIpc) is 3.42. The first kappa shape index (κ1) is 20.9. The summed E-state index contributed by atoms with van der Waals surface area (Å²) in [7, 11) is 0. The van der Waals surface area contributed by atoms with Crippen LogP contribution in [0.4, 0.5) is 18.9 Å². The Hall–Kier alpha value is -2.34. The molecule has 4 rings (SSSR count). The lowest BCUT2D eigenvalue weighted by molar-refractivity contribution is -0.138. The molecule has 1 saturated heterocycles. The highest BCUT2D eigenvalue weighted by Gasteiger charge is 2.37. The van der Waals surface area contributed by atoms with E-state index in [1.807, 2.05) is 41.0 Å². The van der Waals surface area contributed by atoms with E-state index in [1.165, 1.54) is 12.1 Å². The number of rotatable bonds is 6. The predicted molar refractivity (Wildman–Crippen MR) is 111 cm³/mol. The van der Waals surface area contributed by atoms with E-state index >= 15 is 0 Å². The molecule has 3 nitrogen and oxygen atoms in total. The van der Waals surface area contributed by atoms with Gasteiger partial charge >= 0.3 is 6.18 Å². The Bertz CT molecular complexity index is 890. The maximum absolute atomic E-state index is 13.3. The van der Waals surface area contributed by atoms with Gasteiger partial charge in [0.1, 0.15) is 0 Å². The van der Waals surface area contributed by atoms with Crippen molar-refractivity contribution in [2.45, 2.75) is 38.9 Å². The molecule has 0 aromatic heterocycles. The Morgan fingerprint density at radius 1 is 1.07 bits per heavy atom. The normalized spacial score (nSPS) is 19.8. The average molecular weight is 416 g/mol. The van der Waals surface area contributed by atoms with Crippen molar-refractivity contribution in [3.63, 3.8) is 0 Å². The highest BCUT2D eigenvalue weighted by molar-refractivity contribution is 5.95. The summed E-state index contributed by atoms with van der Waals surface area (Å²) in [6.45, 7) is 4.10. The Morgan fingerprint density at radius 2 is 1.77 bits per heavy atom. The first-order valence-electron chi connectivity index (χ1n) is 10.6. The van der Waals surface area contributed by atoms with Gasteiger partial charge < -0.3 is 4.90 Å². The van der Waals surface area contributed by atoms with E-state index in [0.29, 0.717) is 25.4 Å². The number of hydrogen-bond donors (Lipinski definition) is 0. The first-order valence-corrected chi connectivity index (χ1v) is 10.6. The number of likely N-dealkylation sites (tertiary alicyclic amines) is 1. The third-order valence-electron chi connectivity index (χ3n) is 6.09. The van der Waals surface area contributed by atoms with Crippen molar-refractivity contribution in [2.24, 2.45) is 11.8 Å². The van der Waals surface area contributed by atoms with Gasteiger partial charge in [0, 0.05) is 25.3 Å². The third kappa shape index (κ3) is 4.86. The number of benzene rings is 2. The molecule has 0 radical (unpaired) electrons. The van der Waals surface area contributed by atoms with Gasteiger partial charge in [-0.3, -0.25) is 9.69 Å². The van der Waals surface area contributed by atoms with Gasteiger partial charge in [-0.1, -0.05) is 35.9 Å². The van der Waals surface area contributed by atoms with Gasteiger partial charge in [-0.15, -0.1) is 0 Å². The topological polar surface area (TPSA) is 23.6 Å². The van der Waals surface area contributed by atoms with E-state index in [9.17, 15) is 18.0 Å². The van der Waals surface area contributed by atoms with Gasteiger partial charge in [0.15, 0.2) is 0 Å². The molecule has 1 unspecified atom stereocenters. The smallest absolute Gasteiger partial charge is 0.312 e. The summed E-state index contributed by atoms with van der Waals surface area (Å²) in [5.74, 6) is 0.479. The summed E-state index contributed by atoms with van der Waals surface area (Å²) in [6.07, 6.45) is -1.38. The minimum absolute atomic E-state index is 0.0948. The van der Waals surface area contributed by atoms with Crippen molar-refractivity contribution >= 4 is 11.6 Å². The van der Waals surface area contributed by atoms with Crippen molar-refractivity contribution < 1.29 is 18.0 Å². The van der Waals surface area contributed by atoms with Crippen LogP contribution in [0.2, 0.25) is 0 Å². The Kier molecular flexibility index (Phi) is 5.87. The molecular weight excluding hydrogens is 389 g/mol. The molecule has 1 atom stereocenters. The molecule has 0 spiro atoms. The molecule has 2 aromatic rings. The number of nitrogens with zero attached hydrogens (tertiary/aromatic N) is 2. The minimum Gasteiger partial charge on any atom is -0.312 e. The molecule has 160 valence electrons. The molecule has 0 N–H and O–H groups in total. The van der Waals surface area contributed by atoms with E-state index in [2.05, 4.69) is 0 Å². The number of alkyl halides is 3. The van der Waals surface area contributed by atoms with Crippen LogP contribution < -0.4 is 4.90 Å². The Morgan fingerprint density at radius 3 is 2.43 bits per heavy atom. The maximum Gasteiger partial charge on any atom is 0.416 e. The molecule has 2 aromatic carbocycles.